The molecular weight excluding hydrogens is 773 g/mol. The molecule has 1 unspecified atom stereocenters. The van der Waals surface area contributed by atoms with Gasteiger partial charge in [0.1, 0.15) is 24.7 Å². The first-order valence-corrected chi connectivity index (χ1v) is 26.4. The van der Waals surface area contributed by atoms with Crippen LogP contribution >= 0.6 is 106 Å². The maximum Gasteiger partial charge on any atom is 0.306 e. The van der Waals surface area contributed by atoms with Crippen molar-refractivity contribution in [1.82, 2.24) is 0 Å². The van der Waals surface area contributed by atoms with Gasteiger partial charge in [-0.3, -0.25) is 14.4 Å². The normalized spacial score (nSPS) is 11.9. The largest absolute Gasteiger partial charge is 0.616 e. The van der Waals surface area contributed by atoms with Crippen LogP contribution in [0.15, 0.2) is 0 Å². The highest BCUT2D eigenvalue weighted by molar-refractivity contribution is 8.18. The Morgan fingerprint density at radius 3 is 1.58 bits per heavy atom. The molecule has 0 saturated carbocycles. The quantitative estimate of drug-likeness (QED) is 0.0367. The van der Waals surface area contributed by atoms with Gasteiger partial charge in [-0.1, -0.05) is 22.9 Å². The third-order valence-electron chi connectivity index (χ3n) is 4.91. The van der Waals surface area contributed by atoms with Crippen LogP contribution in [0.4, 0.5) is 0 Å². The molecule has 0 heterocycles. The van der Waals surface area contributed by atoms with Crippen LogP contribution in [0, 0.1) is 0 Å². The molecule has 0 aromatic carbocycles. The lowest BCUT2D eigenvalue weighted by molar-refractivity contribution is -0.143. The Bertz CT molecular complexity index is 700. The van der Waals surface area contributed by atoms with E-state index in [2.05, 4.69) is 0 Å². The lowest BCUT2D eigenvalue weighted by Crippen LogP contribution is -2.13. The minimum atomic E-state index is -0.784. The Hall–Kier alpha value is 1.99. The number of hydrogen-bond donors (Lipinski definition) is 2. The zero-order chi connectivity index (χ0) is 33.1. The summed E-state index contributed by atoms with van der Waals surface area (Å²) in [6.07, 6.45) is 2.34. The molecule has 0 saturated heterocycles. The van der Waals surface area contributed by atoms with Crippen LogP contribution in [-0.4, -0.2) is 148 Å². The monoisotopic (exact) mass is 822 g/mol. The molecule has 8 nitrogen and oxygen atoms in total. The second kappa shape index (κ2) is 38.8. The maximum absolute atomic E-state index is 12.2. The number of hydrogen-bond acceptors (Lipinski definition) is 17. The van der Waals surface area contributed by atoms with Crippen LogP contribution in [0.25, 0.3) is 0 Å². The molecule has 45 heavy (non-hydrogen) atoms. The van der Waals surface area contributed by atoms with E-state index in [9.17, 15) is 18.9 Å². The summed E-state index contributed by atoms with van der Waals surface area (Å²) >= 11 is 14.3. The number of aliphatic hydroxyl groups excluding tert-OH is 2. The average Bonchev–Trinajstić information content (AvgIpc) is 3.02. The number of ether oxygens (including phenoxy) is 2. The predicted molar refractivity (Wildman–Crippen MR) is 214 cm³/mol. The van der Waals surface area contributed by atoms with Crippen molar-refractivity contribution in [2.75, 3.05) is 116 Å². The van der Waals surface area contributed by atoms with Gasteiger partial charge >= 0.3 is 11.9 Å². The second-order valence-electron chi connectivity index (χ2n) is 8.59. The van der Waals surface area contributed by atoms with E-state index in [-0.39, 0.29) is 30.3 Å². The van der Waals surface area contributed by atoms with Gasteiger partial charge in [0, 0.05) is 85.6 Å². The number of aliphatic hydroxyl groups is 2. The summed E-state index contributed by atoms with van der Waals surface area (Å²) in [5.41, 5.74) is 0. The number of rotatable bonds is 35. The molecule has 0 radical (unpaired) electrons. The van der Waals surface area contributed by atoms with E-state index in [1.807, 2.05) is 11.8 Å². The fourth-order valence-corrected chi connectivity index (χ4v) is 12.9. The SMILES string of the molecule is O=C(CCSCSCCC[S+]([O-])CCSCSCCC(=O)SCCSCSCCC(=O)OCCSCCO)OCCSCCO. The average molecular weight is 823 g/mol. The van der Waals surface area contributed by atoms with E-state index in [1.54, 1.807) is 82.3 Å². The Kier molecular flexibility index (Phi) is 40.5. The van der Waals surface area contributed by atoms with E-state index in [1.165, 1.54) is 11.8 Å². The van der Waals surface area contributed by atoms with Crippen LogP contribution in [0.3, 0.4) is 0 Å². The van der Waals surface area contributed by atoms with Gasteiger partial charge in [0.25, 0.3) is 0 Å². The van der Waals surface area contributed by atoms with E-state index < -0.39 is 11.2 Å². The Balaban J connectivity index is 3.36. The van der Waals surface area contributed by atoms with Gasteiger partial charge in [-0.05, 0) is 5.75 Å². The summed E-state index contributed by atoms with van der Waals surface area (Å²) in [5.74, 6) is 9.77. The van der Waals surface area contributed by atoms with Crippen LogP contribution < -0.4 is 0 Å². The Morgan fingerprint density at radius 1 is 0.533 bits per heavy atom. The first kappa shape index (κ1) is 47.0. The van der Waals surface area contributed by atoms with Crippen LogP contribution in [0.5, 0.6) is 0 Å². The van der Waals surface area contributed by atoms with E-state index in [0.717, 1.165) is 73.5 Å². The molecule has 266 valence electrons. The topological polar surface area (TPSA) is 133 Å². The van der Waals surface area contributed by atoms with E-state index >= 15 is 0 Å². The lowest BCUT2D eigenvalue weighted by Gasteiger charge is -2.10. The van der Waals surface area contributed by atoms with Crippen LogP contribution in [0.1, 0.15) is 25.7 Å². The second-order valence-corrected chi connectivity index (χ2v) is 21.6. The molecule has 2 N–H and O–H groups in total. The van der Waals surface area contributed by atoms with Crippen molar-refractivity contribution in [2.24, 2.45) is 0 Å². The number of esters is 2. The molecule has 0 aliphatic rings. The van der Waals surface area contributed by atoms with Crippen LogP contribution in [-0.2, 0) is 35.0 Å². The Morgan fingerprint density at radius 2 is 1.02 bits per heavy atom. The van der Waals surface area contributed by atoms with Crippen molar-refractivity contribution < 1.29 is 38.6 Å². The summed E-state index contributed by atoms with van der Waals surface area (Å²) in [4.78, 5) is 35.3. The predicted octanol–water partition coefficient (Wildman–Crippen LogP) is 5.36. The molecule has 0 amide bonds. The third-order valence-corrected chi connectivity index (χ3v) is 16.7. The van der Waals surface area contributed by atoms with Gasteiger partial charge in [-0.25, -0.2) is 0 Å². The fourth-order valence-electron chi connectivity index (χ4n) is 2.77. The van der Waals surface area contributed by atoms with Crippen molar-refractivity contribution in [1.29, 1.82) is 0 Å². The highest BCUT2D eigenvalue weighted by Gasteiger charge is 2.08. The van der Waals surface area contributed by atoms with Crippen molar-refractivity contribution >= 4 is 134 Å². The van der Waals surface area contributed by atoms with Gasteiger partial charge in [-0.2, -0.15) is 82.3 Å². The highest BCUT2D eigenvalue weighted by atomic mass is 32.2. The summed E-state index contributed by atoms with van der Waals surface area (Å²) in [7, 11) is 0. The van der Waals surface area contributed by atoms with Crippen LogP contribution in [0.2, 0.25) is 0 Å². The standard InChI is InChI=1S/C27H50O8S10/c28-5-13-36-15-7-34-25(30)2-10-39-22-38-9-1-20-45(33)21-19-43-24-41-12-4-27(32)44-18-17-42-23-40-11-3-26(31)35-8-16-37-14-6-29/h28-29H,1-24H2. The molecule has 0 aliphatic heterocycles. The highest BCUT2D eigenvalue weighted by Crippen LogP contribution is 2.19. The number of thioether (sulfide) groups is 9. The van der Waals surface area contributed by atoms with Crippen molar-refractivity contribution in [2.45, 2.75) is 25.7 Å². The zero-order valence-corrected chi connectivity index (χ0v) is 34.1. The molecule has 0 spiro atoms. The molecule has 0 aromatic heterocycles. The van der Waals surface area contributed by atoms with Gasteiger partial charge in [-0.15, -0.1) is 11.8 Å². The molecular formula is C27H50O8S10. The first-order chi connectivity index (χ1) is 22.0. The number of carbonyl (C=O) groups excluding carboxylic acids is 3. The molecule has 0 bridgehead atoms. The summed E-state index contributed by atoms with van der Waals surface area (Å²) in [6.45, 7) is 1.09. The van der Waals surface area contributed by atoms with Gasteiger partial charge in [0.15, 0.2) is 5.12 Å². The van der Waals surface area contributed by atoms with Crippen molar-refractivity contribution in [3.63, 3.8) is 0 Å². The van der Waals surface area contributed by atoms with Crippen molar-refractivity contribution in [3.05, 3.63) is 0 Å². The van der Waals surface area contributed by atoms with Gasteiger partial charge < -0.3 is 24.2 Å². The first-order valence-electron chi connectivity index (χ1n) is 14.6. The molecule has 0 aliphatic carbocycles. The smallest absolute Gasteiger partial charge is 0.306 e. The lowest BCUT2D eigenvalue weighted by atomic mass is 10.5. The molecule has 0 rings (SSSR count). The van der Waals surface area contributed by atoms with Crippen molar-refractivity contribution in [3.8, 4) is 0 Å². The minimum Gasteiger partial charge on any atom is -0.616 e. The zero-order valence-electron chi connectivity index (χ0n) is 25.9. The molecule has 1 atom stereocenters. The summed E-state index contributed by atoms with van der Waals surface area (Å²) < 4.78 is 22.5. The maximum atomic E-state index is 12.2. The summed E-state index contributed by atoms with van der Waals surface area (Å²) in [6, 6.07) is 0. The molecule has 0 aromatic rings. The third kappa shape index (κ3) is 38.6. The fraction of sp³-hybridized carbons (Fsp3) is 0.889. The molecule has 18 heteroatoms. The number of carbonyl (C=O) groups is 3. The van der Waals surface area contributed by atoms with E-state index in [0.29, 0.717) is 55.5 Å². The van der Waals surface area contributed by atoms with E-state index in [4.69, 9.17) is 19.7 Å². The molecule has 0 fully saturated rings. The Labute approximate surface area is 312 Å². The summed E-state index contributed by atoms with van der Waals surface area (Å²) in [5, 5.41) is 20.4. The minimum absolute atomic E-state index is 0.146. The van der Waals surface area contributed by atoms with Gasteiger partial charge in [0.2, 0.25) is 0 Å². The van der Waals surface area contributed by atoms with Gasteiger partial charge in [0.05, 0.1) is 26.1 Å².